The van der Waals surface area contributed by atoms with Gasteiger partial charge in [-0.1, -0.05) is 30.3 Å². The highest BCUT2D eigenvalue weighted by molar-refractivity contribution is 9.10. The number of aromatic nitrogens is 4. The van der Waals surface area contributed by atoms with Crippen LogP contribution in [0.25, 0.3) is 43.4 Å². The minimum Gasteiger partial charge on any atom is -0.309 e. The van der Waals surface area contributed by atoms with Crippen LogP contribution in [0.3, 0.4) is 0 Å². The zero-order valence-electron chi connectivity index (χ0n) is 26.1. The predicted molar refractivity (Wildman–Crippen MR) is 205 cm³/mol. The molecule has 0 saturated carbocycles. The molecule has 0 aliphatic rings. The molecule has 5 aromatic carbocycles. The monoisotopic (exact) mass is 694 g/mol. The van der Waals surface area contributed by atoms with E-state index in [0.717, 1.165) is 81.9 Å². The highest BCUT2D eigenvalue weighted by atomic mass is 79.9. The number of hydrogen-bond donors (Lipinski definition) is 0. The number of fused-ring (bicyclic) bond motifs is 4. The first-order chi connectivity index (χ1) is 24.2. The van der Waals surface area contributed by atoms with Gasteiger partial charge in [-0.3, -0.25) is 19.9 Å². The molecule has 0 bridgehead atoms. The molecule has 0 atom stereocenters. The number of rotatable bonds is 6. The largest absolute Gasteiger partial charge is 0.309 e. The molecular weight excluding hydrogens is 668 g/mol. The van der Waals surface area contributed by atoms with Crippen molar-refractivity contribution in [2.45, 2.75) is 0 Å². The first-order valence-electron chi connectivity index (χ1n) is 16.0. The molecule has 232 valence electrons. The van der Waals surface area contributed by atoms with Crippen LogP contribution < -0.4 is 9.80 Å². The summed E-state index contributed by atoms with van der Waals surface area (Å²) in [4.78, 5) is 22.7. The first kappa shape index (κ1) is 29.0. The molecule has 0 N–H and O–H groups in total. The van der Waals surface area contributed by atoms with E-state index < -0.39 is 0 Å². The zero-order chi connectivity index (χ0) is 32.7. The van der Waals surface area contributed by atoms with Gasteiger partial charge in [0.05, 0.1) is 38.3 Å². The van der Waals surface area contributed by atoms with E-state index in [0.29, 0.717) is 0 Å². The molecule has 9 rings (SSSR count). The molecule has 0 fully saturated rings. The number of halogens is 1. The third-order valence-corrected chi connectivity index (χ3v) is 9.74. The quantitative estimate of drug-likeness (QED) is 0.173. The van der Waals surface area contributed by atoms with Crippen LogP contribution in [0.1, 0.15) is 0 Å². The molecule has 0 radical (unpaired) electrons. The summed E-state index contributed by atoms with van der Waals surface area (Å²) in [6.07, 6.45) is 11.2. The van der Waals surface area contributed by atoms with Crippen LogP contribution in [0, 0.1) is 0 Å². The van der Waals surface area contributed by atoms with Crippen molar-refractivity contribution in [3.63, 3.8) is 0 Å². The standard InChI is InChI=1S/C42H27BrN6/c43-42-40(48(32-16-14-30-26-44-22-18-28(30)24-32)38-10-1-8-36-34(38)6-4-20-46-36)12-3-13-41(42)49(33-17-15-31-27-45-23-19-29(31)25-33)39-11-2-9-37-35(39)7-5-21-47-37/h1-27H. The summed E-state index contributed by atoms with van der Waals surface area (Å²) in [5.41, 5.74) is 7.91. The lowest BCUT2D eigenvalue weighted by molar-refractivity contribution is 1.24. The van der Waals surface area contributed by atoms with Crippen molar-refractivity contribution in [1.82, 2.24) is 19.9 Å². The Morgan fingerprint density at radius 1 is 0.408 bits per heavy atom. The fourth-order valence-corrected chi connectivity index (χ4v) is 7.27. The van der Waals surface area contributed by atoms with Crippen molar-refractivity contribution >= 4 is 93.4 Å². The molecule has 6 nitrogen and oxygen atoms in total. The Morgan fingerprint density at radius 2 is 0.878 bits per heavy atom. The van der Waals surface area contributed by atoms with Gasteiger partial charge in [0.2, 0.25) is 0 Å². The Kier molecular flexibility index (Phi) is 7.17. The van der Waals surface area contributed by atoms with Crippen molar-refractivity contribution in [3.8, 4) is 0 Å². The number of hydrogen-bond acceptors (Lipinski definition) is 6. The predicted octanol–water partition coefficient (Wildman–Crippen LogP) is 11.6. The summed E-state index contributed by atoms with van der Waals surface area (Å²) in [6.45, 7) is 0. The maximum Gasteiger partial charge on any atom is 0.0723 e. The van der Waals surface area contributed by atoms with Gasteiger partial charge >= 0.3 is 0 Å². The summed E-state index contributed by atoms with van der Waals surface area (Å²) < 4.78 is 0.932. The van der Waals surface area contributed by atoms with Gasteiger partial charge in [0.25, 0.3) is 0 Å². The smallest absolute Gasteiger partial charge is 0.0723 e. The second-order valence-corrected chi connectivity index (χ2v) is 12.6. The Morgan fingerprint density at radius 3 is 1.39 bits per heavy atom. The van der Waals surface area contributed by atoms with E-state index in [1.807, 2.05) is 49.3 Å². The Labute approximate surface area is 291 Å². The zero-order valence-corrected chi connectivity index (χ0v) is 27.7. The average molecular weight is 696 g/mol. The normalized spacial score (nSPS) is 11.4. The molecule has 9 aromatic rings. The summed E-state index contributed by atoms with van der Waals surface area (Å²) in [5.74, 6) is 0. The highest BCUT2D eigenvalue weighted by Crippen LogP contribution is 2.49. The Hall–Kier alpha value is -6.18. The number of anilines is 6. The second kappa shape index (κ2) is 12.1. The molecule has 0 aliphatic heterocycles. The minimum absolute atomic E-state index is 0.929. The van der Waals surface area contributed by atoms with Gasteiger partial charge in [-0.25, -0.2) is 0 Å². The van der Waals surface area contributed by atoms with Gasteiger partial charge in [-0.15, -0.1) is 0 Å². The van der Waals surface area contributed by atoms with E-state index in [-0.39, 0.29) is 0 Å². The molecular formula is C42H27BrN6. The van der Waals surface area contributed by atoms with Crippen molar-refractivity contribution in [2.75, 3.05) is 9.80 Å². The summed E-state index contributed by atoms with van der Waals surface area (Å²) >= 11 is 4.16. The van der Waals surface area contributed by atoms with Crippen molar-refractivity contribution < 1.29 is 0 Å². The lowest BCUT2D eigenvalue weighted by atomic mass is 10.1. The molecule has 0 unspecified atom stereocenters. The topological polar surface area (TPSA) is 58.0 Å². The molecule has 49 heavy (non-hydrogen) atoms. The van der Waals surface area contributed by atoms with Crippen LogP contribution in [0.4, 0.5) is 34.1 Å². The van der Waals surface area contributed by atoms with E-state index in [4.69, 9.17) is 9.97 Å². The van der Waals surface area contributed by atoms with Crippen LogP contribution in [-0.4, -0.2) is 19.9 Å². The van der Waals surface area contributed by atoms with E-state index in [2.05, 4.69) is 151 Å². The summed E-state index contributed by atoms with van der Waals surface area (Å²) in [5, 5.41) is 6.49. The molecule has 0 saturated heterocycles. The Balaban J connectivity index is 1.31. The second-order valence-electron chi connectivity index (χ2n) is 11.8. The number of benzene rings is 5. The van der Waals surface area contributed by atoms with E-state index >= 15 is 0 Å². The van der Waals surface area contributed by atoms with Crippen LogP contribution in [-0.2, 0) is 0 Å². The van der Waals surface area contributed by atoms with Crippen molar-refractivity contribution in [1.29, 1.82) is 0 Å². The van der Waals surface area contributed by atoms with Gasteiger partial charge in [0.1, 0.15) is 0 Å². The van der Waals surface area contributed by atoms with Crippen LogP contribution >= 0.6 is 15.9 Å². The molecule has 7 heteroatoms. The van der Waals surface area contributed by atoms with Crippen LogP contribution in [0.15, 0.2) is 169 Å². The SMILES string of the molecule is Brc1c(N(c2ccc3cnccc3c2)c2cccc3ncccc23)cccc1N(c1ccc2cnccc2c1)c1cccc2ncccc12. The highest BCUT2D eigenvalue weighted by Gasteiger charge is 2.24. The van der Waals surface area contributed by atoms with Gasteiger partial charge < -0.3 is 9.80 Å². The lowest BCUT2D eigenvalue weighted by Crippen LogP contribution is -2.15. The first-order valence-corrected chi connectivity index (χ1v) is 16.8. The number of nitrogens with zero attached hydrogens (tertiary/aromatic N) is 6. The third kappa shape index (κ3) is 5.12. The van der Waals surface area contributed by atoms with E-state index in [9.17, 15) is 0 Å². The summed E-state index contributed by atoms with van der Waals surface area (Å²) in [7, 11) is 0. The molecule has 0 spiro atoms. The van der Waals surface area contributed by atoms with E-state index in [1.54, 1.807) is 0 Å². The van der Waals surface area contributed by atoms with E-state index in [1.165, 1.54) is 0 Å². The third-order valence-electron chi connectivity index (χ3n) is 8.93. The van der Waals surface area contributed by atoms with Gasteiger partial charge in [-0.05, 0) is 124 Å². The minimum atomic E-state index is 0.929. The van der Waals surface area contributed by atoms with Gasteiger partial charge in [0, 0.05) is 70.1 Å². The van der Waals surface area contributed by atoms with Crippen molar-refractivity contribution in [3.05, 3.63) is 169 Å². The lowest BCUT2D eigenvalue weighted by Gasteiger charge is -2.32. The fraction of sp³-hybridized carbons (Fsp3) is 0. The average Bonchev–Trinajstić information content (AvgIpc) is 3.16. The number of pyridine rings is 4. The maximum absolute atomic E-state index is 4.70. The molecule has 4 aromatic heterocycles. The van der Waals surface area contributed by atoms with Crippen LogP contribution in [0.2, 0.25) is 0 Å². The molecule has 0 aliphatic carbocycles. The van der Waals surface area contributed by atoms with Gasteiger partial charge in [0.15, 0.2) is 0 Å². The van der Waals surface area contributed by atoms with Crippen molar-refractivity contribution in [2.24, 2.45) is 0 Å². The summed E-state index contributed by atoms with van der Waals surface area (Å²) in [6, 6.07) is 44.4. The molecule has 4 heterocycles. The van der Waals surface area contributed by atoms with Crippen LogP contribution in [0.5, 0.6) is 0 Å². The van der Waals surface area contributed by atoms with Gasteiger partial charge in [-0.2, -0.15) is 0 Å². The Bertz CT molecular complexity index is 2480. The molecule has 0 amide bonds. The fourth-order valence-electron chi connectivity index (χ4n) is 6.65. The maximum atomic E-state index is 4.70.